The van der Waals surface area contributed by atoms with Crippen LogP contribution in [-0.4, -0.2) is 32.0 Å². The van der Waals surface area contributed by atoms with E-state index in [2.05, 4.69) is 47.4 Å². The number of carbonyl (C=O) groups is 1. The molecule has 3 rings (SSSR count). The molecule has 154 valence electrons. The van der Waals surface area contributed by atoms with Crippen LogP contribution in [0.25, 0.3) is 0 Å². The van der Waals surface area contributed by atoms with Gasteiger partial charge in [0, 0.05) is 24.3 Å². The Morgan fingerprint density at radius 2 is 1.48 bits per heavy atom. The molecule has 29 heavy (non-hydrogen) atoms. The van der Waals surface area contributed by atoms with E-state index in [0.717, 1.165) is 50.3 Å². The summed E-state index contributed by atoms with van der Waals surface area (Å²) < 4.78 is 6.03. The average molecular weight is 523 g/mol. The highest BCUT2D eigenvalue weighted by atomic mass is 79.9. The first-order valence-corrected chi connectivity index (χ1v) is 11.1. The van der Waals surface area contributed by atoms with E-state index in [1.54, 1.807) is 0 Å². The average Bonchev–Trinajstić information content (AvgIpc) is 3.09. The van der Waals surface area contributed by atoms with Crippen LogP contribution in [0.2, 0.25) is 0 Å². The maximum Gasteiger partial charge on any atom is 0.251 e. The Kier molecular flexibility index (Phi) is 6.95. The molecule has 0 saturated carbocycles. The SMILES string of the molecule is Cc1nn(CCCNC(=O)c2ccc(Cn3nc(C)c(Br)c3C)cc2)c(C)c1Br. The Morgan fingerprint density at radius 1 is 0.931 bits per heavy atom. The van der Waals surface area contributed by atoms with Crippen LogP contribution in [0, 0.1) is 27.7 Å². The van der Waals surface area contributed by atoms with E-state index in [9.17, 15) is 4.79 Å². The molecule has 3 aromatic rings. The van der Waals surface area contributed by atoms with Crippen LogP contribution in [-0.2, 0) is 13.1 Å². The van der Waals surface area contributed by atoms with Gasteiger partial charge in [-0.15, -0.1) is 0 Å². The number of hydrogen-bond donors (Lipinski definition) is 1. The topological polar surface area (TPSA) is 64.7 Å². The molecular formula is C21H25Br2N5O. The third-order valence-corrected chi connectivity index (χ3v) is 7.26. The highest BCUT2D eigenvalue weighted by molar-refractivity contribution is 9.10. The van der Waals surface area contributed by atoms with Crippen LogP contribution in [0.5, 0.6) is 0 Å². The fourth-order valence-electron chi connectivity index (χ4n) is 3.19. The molecule has 1 aromatic carbocycles. The molecule has 1 N–H and O–H groups in total. The molecule has 0 aliphatic rings. The molecule has 6 nitrogen and oxygen atoms in total. The monoisotopic (exact) mass is 521 g/mol. The summed E-state index contributed by atoms with van der Waals surface area (Å²) in [7, 11) is 0. The third-order valence-electron chi connectivity index (χ3n) is 4.97. The number of carbonyl (C=O) groups excluding carboxylic acids is 1. The highest BCUT2D eigenvalue weighted by Gasteiger charge is 2.11. The van der Waals surface area contributed by atoms with E-state index >= 15 is 0 Å². The van der Waals surface area contributed by atoms with Crippen molar-refractivity contribution in [3.8, 4) is 0 Å². The fourth-order valence-corrected chi connectivity index (χ4v) is 3.76. The van der Waals surface area contributed by atoms with Crippen LogP contribution in [0.15, 0.2) is 33.2 Å². The van der Waals surface area contributed by atoms with Gasteiger partial charge in [-0.2, -0.15) is 10.2 Å². The van der Waals surface area contributed by atoms with Gasteiger partial charge < -0.3 is 5.32 Å². The van der Waals surface area contributed by atoms with Crippen molar-refractivity contribution in [1.29, 1.82) is 0 Å². The lowest BCUT2D eigenvalue weighted by molar-refractivity contribution is 0.0952. The number of aryl methyl sites for hydroxylation is 3. The summed E-state index contributed by atoms with van der Waals surface area (Å²) in [5.41, 5.74) is 5.94. The minimum Gasteiger partial charge on any atom is -0.352 e. The summed E-state index contributed by atoms with van der Waals surface area (Å²) in [6.45, 7) is 10.1. The van der Waals surface area contributed by atoms with Crippen LogP contribution < -0.4 is 5.32 Å². The number of nitrogens with zero attached hydrogens (tertiary/aromatic N) is 4. The summed E-state index contributed by atoms with van der Waals surface area (Å²) in [5, 5.41) is 12.0. The molecule has 0 saturated heterocycles. The van der Waals surface area contributed by atoms with Crippen molar-refractivity contribution in [1.82, 2.24) is 24.9 Å². The molecule has 2 aromatic heterocycles. The second-order valence-corrected chi connectivity index (χ2v) is 8.74. The molecule has 0 bridgehead atoms. The van der Waals surface area contributed by atoms with E-state index in [0.29, 0.717) is 18.7 Å². The second kappa shape index (κ2) is 9.26. The van der Waals surface area contributed by atoms with Crippen molar-refractivity contribution in [2.75, 3.05) is 6.54 Å². The number of aromatic nitrogens is 4. The molecule has 0 fully saturated rings. The standard InChI is InChI=1S/C21H25Br2N5O/c1-13-19(22)15(3)27(25-13)11-5-10-24-21(29)18-8-6-17(7-9-18)12-28-16(4)20(23)14(2)26-28/h6-9H,5,10-12H2,1-4H3,(H,24,29). The van der Waals surface area contributed by atoms with E-state index in [1.165, 1.54) is 0 Å². The first kappa shape index (κ1) is 21.8. The molecule has 1 amide bonds. The lowest BCUT2D eigenvalue weighted by Gasteiger charge is -2.08. The van der Waals surface area contributed by atoms with E-state index in [4.69, 9.17) is 0 Å². The zero-order valence-electron chi connectivity index (χ0n) is 17.1. The maximum absolute atomic E-state index is 12.4. The van der Waals surface area contributed by atoms with E-state index in [-0.39, 0.29) is 5.91 Å². The largest absolute Gasteiger partial charge is 0.352 e. The third kappa shape index (κ3) is 4.98. The van der Waals surface area contributed by atoms with Crippen molar-refractivity contribution in [2.45, 2.75) is 47.2 Å². The van der Waals surface area contributed by atoms with Gasteiger partial charge in [0.2, 0.25) is 0 Å². The molecule has 0 aliphatic heterocycles. The molecule has 0 atom stereocenters. The van der Waals surface area contributed by atoms with Gasteiger partial charge in [-0.3, -0.25) is 14.2 Å². The summed E-state index contributed by atoms with van der Waals surface area (Å²) >= 11 is 7.09. The highest BCUT2D eigenvalue weighted by Crippen LogP contribution is 2.21. The minimum atomic E-state index is -0.0556. The predicted octanol–water partition coefficient (Wildman–Crippen LogP) is 4.71. The van der Waals surface area contributed by atoms with Crippen molar-refractivity contribution in [3.63, 3.8) is 0 Å². The van der Waals surface area contributed by atoms with Crippen LogP contribution in [0.3, 0.4) is 0 Å². The van der Waals surface area contributed by atoms with E-state index < -0.39 is 0 Å². The lowest BCUT2D eigenvalue weighted by Crippen LogP contribution is -2.25. The zero-order chi connectivity index (χ0) is 21.1. The number of hydrogen-bond acceptors (Lipinski definition) is 3. The molecule has 0 spiro atoms. The smallest absolute Gasteiger partial charge is 0.251 e. The Hall–Kier alpha value is -1.93. The summed E-state index contributed by atoms with van der Waals surface area (Å²) in [6.07, 6.45) is 0.824. The van der Waals surface area contributed by atoms with Gasteiger partial charge >= 0.3 is 0 Å². The van der Waals surface area contributed by atoms with Gasteiger partial charge in [-0.1, -0.05) is 12.1 Å². The molecular weight excluding hydrogens is 498 g/mol. The number of amides is 1. The minimum absolute atomic E-state index is 0.0556. The molecule has 0 radical (unpaired) electrons. The normalized spacial score (nSPS) is 11.1. The zero-order valence-corrected chi connectivity index (χ0v) is 20.3. The fraction of sp³-hybridized carbons (Fsp3) is 0.381. The summed E-state index contributed by atoms with van der Waals surface area (Å²) in [4.78, 5) is 12.4. The first-order valence-electron chi connectivity index (χ1n) is 9.54. The first-order chi connectivity index (χ1) is 13.8. The van der Waals surface area contributed by atoms with Gasteiger partial charge in [0.05, 0.1) is 32.6 Å². The van der Waals surface area contributed by atoms with Crippen LogP contribution in [0.1, 0.15) is 45.1 Å². The van der Waals surface area contributed by atoms with E-state index in [1.807, 2.05) is 61.3 Å². The van der Waals surface area contributed by atoms with Gasteiger partial charge in [-0.05, 0) is 83.7 Å². The second-order valence-electron chi connectivity index (χ2n) is 7.16. The van der Waals surface area contributed by atoms with Crippen molar-refractivity contribution in [3.05, 3.63) is 67.1 Å². The summed E-state index contributed by atoms with van der Waals surface area (Å²) in [5.74, 6) is -0.0556. The Morgan fingerprint density at radius 3 is 2.00 bits per heavy atom. The summed E-state index contributed by atoms with van der Waals surface area (Å²) in [6, 6.07) is 7.69. The molecule has 0 unspecified atom stereocenters. The van der Waals surface area contributed by atoms with Crippen LogP contribution in [0.4, 0.5) is 0 Å². The predicted molar refractivity (Wildman–Crippen MR) is 121 cm³/mol. The van der Waals surface area contributed by atoms with Crippen molar-refractivity contribution < 1.29 is 4.79 Å². The molecule has 0 aliphatic carbocycles. The molecule has 2 heterocycles. The Labute approximate surface area is 187 Å². The Balaban J connectivity index is 1.51. The number of rotatable bonds is 7. The van der Waals surface area contributed by atoms with Crippen LogP contribution >= 0.6 is 31.9 Å². The Bertz CT molecular complexity index is 1020. The lowest BCUT2D eigenvalue weighted by atomic mass is 10.1. The number of benzene rings is 1. The van der Waals surface area contributed by atoms with Gasteiger partial charge in [0.25, 0.3) is 5.91 Å². The van der Waals surface area contributed by atoms with Gasteiger partial charge in [0.15, 0.2) is 0 Å². The quantitative estimate of drug-likeness (QED) is 0.457. The maximum atomic E-state index is 12.4. The van der Waals surface area contributed by atoms with Crippen molar-refractivity contribution in [2.24, 2.45) is 0 Å². The molecule has 8 heteroatoms. The van der Waals surface area contributed by atoms with Gasteiger partial charge in [0.1, 0.15) is 0 Å². The van der Waals surface area contributed by atoms with Gasteiger partial charge in [-0.25, -0.2) is 0 Å². The number of halogens is 2. The van der Waals surface area contributed by atoms with Crippen molar-refractivity contribution >= 4 is 37.8 Å². The number of nitrogens with one attached hydrogen (secondary N) is 1.